The minimum absolute atomic E-state index is 0.184. The molecular weight excluding hydrogens is 214 g/mol. The molecule has 0 aliphatic rings. The van der Waals surface area contributed by atoms with E-state index in [1.54, 1.807) is 41.5 Å². The normalized spacial score (nSPS) is 11.9. The molecule has 0 atom stereocenters. The zero-order valence-corrected chi connectivity index (χ0v) is 10.5. The SMILES string of the molecule is CC(C)(C)OC(=O)N(O)C(=O)OC(C)(C)C. The van der Waals surface area contributed by atoms with Gasteiger partial charge in [-0.15, -0.1) is 0 Å². The maximum Gasteiger partial charge on any atom is 0.444 e. The Morgan fingerprint density at radius 2 is 1.12 bits per heavy atom. The van der Waals surface area contributed by atoms with Crippen molar-refractivity contribution in [1.29, 1.82) is 0 Å². The van der Waals surface area contributed by atoms with Crippen molar-refractivity contribution in [1.82, 2.24) is 5.06 Å². The van der Waals surface area contributed by atoms with Gasteiger partial charge < -0.3 is 9.47 Å². The molecular formula is C10H19NO5. The van der Waals surface area contributed by atoms with E-state index in [4.69, 9.17) is 9.47 Å². The van der Waals surface area contributed by atoms with Crippen molar-refractivity contribution in [3.05, 3.63) is 0 Å². The standard InChI is InChI=1S/C10H19NO5/c1-9(2,3)15-7(12)11(14)8(13)16-10(4,5)6/h14H,1-6H3. The second kappa shape index (κ2) is 4.69. The van der Waals surface area contributed by atoms with E-state index >= 15 is 0 Å². The molecule has 0 aliphatic heterocycles. The average molecular weight is 233 g/mol. The first-order valence-corrected chi connectivity index (χ1v) is 4.87. The van der Waals surface area contributed by atoms with Gasteiger partial charge in [-0.2, -0.15) is 0 Å². The van der Waals surface area contributed by atoms with Crippen molar-refractivity contribution in [2.45, 2.75) is 52.7 Å². The van der Waals surface area contributed by atoms with E-state index in [0.717, 1.165) is 0 Å². The monoisotopic (exact) mass is 233 g/mol. The van der Waals surface area contributed by atoms with Crippen molar-refractivity contribution in [2.24, 2.45) is 0 Å². The highest BCUT2D eigenvalue weighted by Gasteiger charge is 2.29. The fourth-order valence-electron chi connectivity index (χ4n) is 0.685. The Bertz CT molecular complexity index is 246. The number of hydrogen-bond donors (Lipinski definition) is 1. The first kappa shape index (κ1) is 14.7. The Hall–Kier alpha value is -1.30. The molecule has 0 bridgehead atoms. The topological polar surface area (TPSA) is 76.1 Å². The van der Waals surface area contributed by atoms with E-state index in [9.17, 15) is 14.8 Å². The molecule has 2 amide bonds. The summed E-state index contributed by atoms with van der Waals surface area (Å²) in [6.07, 6.45) is -2.33. The van der Waals surface area contributed by atoms with Gasteiger partial charge in [-0.3, -0.25) is 5.21 Å². The van der Waals surface area contributed by atoms with Gasteiger partial charge in [0.15, 0.2) is 0 Å². The smallest absolute Gasteiger partial charge is 0.442 e. The lowest BCUT2D eigenvalue weighted by atomic mass is 10.2. The Labute approximate surface area is 95.1 Å². The molecule has 0 unspecified atom stereocenters. The summed E-state index contributed by atoms with van der Waals surface area (Å²) in [7, 11) is 0. The molecule has 0 aromatic heterocycles. The number of nitrogens with zero attached hydrogens (tertiary/aromatic N) is 1. The van der Waals surface area contributed by atoms with E-state index in [-0.39, 0.29) is 5.06 Å². The van der Waals surface area contributed by atoms with Gasteiger partial charge in [0.25, 0.3) is 0 Å². The second-order valence-electron chi connectivity index (χ2n) is 5.27. The fraction of sp³-hybridized carbons (Fsp3) is 0.800. The van der Waals surface area contributed by atoms with E-state index < -0.39 is 23.4 Å². The van der Waals surface area contributed by atoms with E-state index in [1.165, 1.54) is 0 Å². The molecule has 0 radical (unpaired) electrons. The van der Waals surface area contributed by atoms with Crippen molar-refractivity contribution < 1.29 is 24.3 Å². The number of carbonyl (C=O) groups excluding carboxylic acids is 2. The van der Waals surface area contributed by atoms with Crippen LogP contribution in [0.25, 0.3) is 0 Å². The molecule has 0 spiro atoms. The summed E-state index contributed by atoms with van der Waals surface area (Å²) in [5.41, 5.74) is -1.58. The van der Waals surface area contributed by atoms with Gasteiger partial charge in [-0.25, -0.2) is 9.59 Å². The van der Waals surface area contributed by atoms with Crippen LogP contribution in [0.3, 0.4) is 0 Å². The zero-order chi connectivity index (χ0) is 13.1. The first-order chi connectivity index (χ1) is 6.92. The maximum atomic E-state index is 11.2. The van der Waals surface area contributed by atoms with Crippen LogP contribution in [-0.4, -0.2) is 33.7 Å². The third-order valence-corrected chi connectivity index (χ3v) is 1.13. The molecule has 0 rings (SSSR count). The quantitative estimate of drug-likeness (QED) is 0.514. The molecule has 0 fully saturated rings. The summed E-state index contributed by atoms with van der Waals surface area (Å²) >= 11 is 0. The van der Waals surface area contributed by atoms with Crippen LogP contribution < -0.4 is 0 Å². The predicted octanol–water partition coefficient (Wildman–Crippen LogP) is 2.55. The number of rotatable bonds is 0. The van der Waals surface area contributed by atoms with Gasteiger partial charge in [0.1, 0.15) is 11.2 Å². The first-order valence-electron chi connectivity index (χ1n) is 4.87. The molecule has 0 aliphatic carbocycles. The molecule has 6 nitrogen and oxygen atoms in total. The number of hydroxylamine groups is 2. The number of imide groups is 1. The summed E-state index contributed by atoms with van der Waals surface area (Å²) < 4.78 is 9.54. The number of amides is 2. The lowest BCUT2D eigenvalue weighted by molar-refractivity contribution is -0.0947. The second-order valence-corrected chi connectivity index (χ2v) is 5.27. The van der Waals surface area contributed by atoms with Crippen LogP contribution in [0.2, 0.25) is 0 Å². The fourth-order valence-corrected chi connectivity index (χ4v) is 0.685. The van der Waals surface area contributed by atoms with Crippen LogP contribution in [0.15, 0.2) is 0 Å². The van der Waals surface area contributed by atoms with Crippen LogP contribution in [0, 0.1) is 0 Å². The lowest BCUT2D eigenvalue weighted by Gasteiger charge is -2.25. The summed E-state index contributed by atoms with van der Waals surface area (Å²) in [6.45, 7) is 9.71. The minimum Gasteiger partial charge on any atom is -0.442 e. The molecule has 0 aromatic carbocycles. The summed E-state index contributed by atoms with van der Waals surface area (Å²) in [5, 5.41) is 9.01. The molecule has 0 heterocycles. The summed E-state index contributed by atoms with van der Waals surface area (Å²) in [5.74, 6) is 0. The van der Waals surface area contributed by atoms with Crippen LogP contribution in [0.5, 0.6) is 0 Å². The van der Waals surface area contributed by atoms with Gasteiger partial charge >= 0.3 is 12.2 Å². The zero-order valence-electron chi connectivity index (χ0n) is 10.5. The minimum atomic E-state index is -1.17. The van der Waals surface area contributed by atoms with Gasteiger partial charge in [-0.1, -0.05) is 5.06 Å². The third-order valence-electron chi connectivity index (χ3n) is 1.13. The van der Waals surface area contributed by atoms with Crippen molar-refractivity contribution >= 4 is 12.2 Å². The number of hydrogen-bond acceptors (Lipinski definition) is 5. The van der Waals surface area contributed by atoms with Crippen molar-refractivity contribution in [3.8, 4) is 0 Å². The van der Waals surface area contributed by atoms with Gasteiger partial charge in [0.05, 0.1) is 0 Å². The molecule has 1 N–H and O–H groups in total. The van der Waals surface area contributed by atoms with Gasteiger partial charge in [-0.05, 0) is 41.5 Å². The summed E-state index contributed by atoms with van der Waals surface area (Å²) in [4.78, 5) is 22.5. The van der Waals surface area contributed by atoms with Gasteiger partial charge in [0, 0.05) is 0 Å². The molecule has 94 valence electrons. The van der Waals surface area contributed by atoms with E-state index in [0.29, 0.717) is 0 Å². The highest BCUT2D eigenvalue weighted by molar-refractivity contribution is 5.86. The Morgan fingerprint density at radius 1 is 0.875 bits per heavy atom. The van der Waals surface area contributed by atoms with Crippen LogP contribution in [0.4, 0.5) is 9.59 Å². The lowest BCUT2D eigenvalue weighted by Crippen LogP contribution is -2.41. The molecule has 0 saturated heterocycles. The van der Waals surface area contributed by atoms with Crippen LogP contribution in [-0.2, 0) is 9.47 Å². The molecule has 16 heavy (non-hydrogen) atoms. The number of ether oxygens (including phenoxy) is 2. The molecule has 0 aromatic rings. The van der Waals surface area contributed by atoms with E-state index in [1.807, 2.05) is 0 Å². The van der Waals surface area contributed by atoms with Crippen LogP contribution >= 0.6 is 0 Å². The Balaban J connectivity index is 4.40. The third kappa shape index (κ3) is 6.23. The van der Waals surface area contributed by atoms with Crippen molar-refractivity contribution in [3.63, 3.8) is 0 Å². The van der Waals surface area contributed by atoms with Crippen molar-refractivity contribution in [2.75, 3.05) is 0 Å². The maximum absolute atomic E-state index is 11.2. The average Bonchev–Trinajstić information content (AvgIpc) is 1.96. The molecule has 6 heteroatoms. The largest absolute Gasteiger partial charge is 0.444 e. The predicted molar refractivity (Wildman–Crippen MR) is 56.1 cm³/mol. The van der Waals surface area contributed by atoms with Crippen LogP contribution in [0.1, 0.15) is 41.5 Å². The highest BCUT2D eigenvalue weighted by Crippen LogP contribution is 2.12. The number of carbonyl (C=O) groups is 2. The summed E-state index contributed by atoms with van der Waals surface area (Å²) in [6, 6.07) is 0. The highest BCUT2D eigenvalue weighted by atomic mass is 16.7. The van der Waals surface area contributed by atoms with Gasteiger partial charge in [0.2, 0.25) is 0 Å². The van der Waals surface area contributed by atoms with E-state index in [2.05, 4.69) is 0 Å². The Morgan fingerprint density at radius 3 is 1.31 bits per heavy atom. The molecule has 0 saturated carbocycles. The Kier molecular flexibility index (Phi) is 4.31.